The van der Waals surface area contributed by atoms with E-state index in [0.29, 0.717) is 0 Å². The van der Waals surface area contributed by atoms with Gasteiger partial charge >= 0.3 is 0 Å². The van der Waals surface area contributed by atoms with Crippen molar-refractivity contribution in [1.29, 1.82) is 0 Å². The van der Waals surface area contributed by atoms with Crippen LogP contribution in [0.1, 0.15) is 40.0 Å². The maximum Gasteiger partial charge on any atom is 0.0839 e. The largest absolute Gasteiger partial charge is 0.376 e. The van der Waals surface area contributed by atoms with Gasteiger partial charge in [-0.05, 0) is 18.8 Å². The van der Waals surface area contributed by atoms with Gasteiger partial charge in [0.2, 0.25) is 0 Å². The van der Waals surface area contributed by atoms with E-state index in [-0.39, 0.29) is 0 Å². The van der Waals surface area contributed by atoms with Gasteiger partial charge in [-0.25, -0.2) is 0 Å². The molecule has 61 valence electrons. The molecule has 0 bridgehead atoms. The van der Waals surface area contributed by atoms with Crippen molar-refractivity contribution < 1.29 is 4.74 Å². The lowest BCUT2D eigenvalue weighted by atomic mass is 10.1. The molecule has 1 nitrogen and oxygen atoms in total. The molecular formula is C9H19O. The second-order valence-corrected chi connectivity index (χ2v) is 2.79. The first-order valence-corrected chi connectivity index (χ1v) is 4.24. The van der Waals surface area contributed by atoms with Crippen LogP contribution in [0, 0.1) is 12.5 Å². The molecule has 1 atom stereocenters. The van der Waals surface area contributed by atoms with Gasteiger partial charge in [0.25, 0.3) is 0 Å². The molecule has 1 heteroatoms. The molecule has 0 heterocycles. The summed E-state index contributed by atoms with van der Waals surface area (Å²) in [4.78, 5) is 0. The fourth-order valence-electron chi connectivity index (χ4n) is 0.600. The van der Waals surface area contributed by atoms with Gasteiger partial charge in [0.05, 0.1) is 6.61 Å². The molecule has 0 saturated heterocycles. The van der Waals surface area contributed by atoms with Crippen LogP contribution >= 0.6 is 0 Å². The number of rotatable bonds is 6. The quantitative estimate of drug-likeness (QED) is 0.519. The van der Waals surface area contributed by atoms with Gasteiger partial charge in [0.1, 0.15) is 0 Å². The molecule has 0 spiro atoms. The highest BCUT2D eigenvalue weighted by Gasteiger charge is 1.97. The van der Waals surface area contributed by atoms with E-state index in [2.05, 4.69) is 20.8 Å². The van der Waals surface area contributed by atoms with Crippen molar-refractivity contribution >= 4 is 0 Å². The van der Waals surface area contributed by atoms with Crippen LogP contribution in [0.4, 0.5) is 0 Å². The fourth-order valence-corrected chi connectivity index (χ4v) is 0.600. The standard InChI is InChI=1S/C9H19O/c1-4-7-10-8-6-9(3)5-2/h8-9H,4-7H2,1-3H3. The van der Waals surface area contributed by atoms with Crippen molar-refractivity contribution in [3.8, 4) is 0 Å². The van der Waals surface area contributed by atoms with Crippen molar-refractivity contribution in [1.82, 2.24) is 0 Å². The van der Waals surface area contributed by atoms with Crippen molar-refractivity contribution in [3.63, 3.8) is 0 Å². The lowest BCUT2D eigenvalue weighted by molar-refractivity contribution is 0.182. The number of hydrogen-bond donors (Lipinski definition) is 0. The van der Waals surface area contributed by atoms with E-state index in [9.17, 15) is 0 Å². The SMILES string of the molecule is CCCO[CH]CC(C)CC. The predicted molar refractivity (Wildman–Crippen MR) is 44.6 cm³/mol. The number of hydrogen-bond acceptors (Lipinski definition) is 1. The third-order valence-corrected chi connectivity index (χ3v) is 1.64. The Labute approximate surface area is 64.8 Å². The highest BCUT2D eigenvalue weighted by molar-refractivity contribution is 4.57. The Morgan fingerprint density at radius 1 is 1.40 bits per heavy atom. The van der Waals surface area contributed by atoms with Crippen molar-refractivity contribution in [2.24, 2.45) is 5.92 Å². The summed E-state index contributed by atoms with van der Waals surface area (Å²) in [5.74, 6) is 0.775. The van der Waals surface area contributed by atoms with Gasteiger partial charge in [0, 0.05) is 6.61 Å². The van der Waals surface area contributed by atoms with Gasteiger partial charge in [-0.3, -0.25) is 0 Å². The van der Waals surface area contributed by atoms with Crippen LogP contribution in [0.25, 0.3) is 0 Å². The van der Waals surface area contributed by atoms with E-state index in [0.717, 1.165) is 25.4 Å². The molecule has 0 aromatic heterocycles. The fraction of sp³-hybridized carbons (Fsp3) is 0.889. The highest BCUT2D eigenvalue weighted by atomic mass is 16.5. The summed E-state index contributed by atoms with van der Waals surface area (Å²) in [6.07, 6.45) is 3.44. The minimum atomic E-state index is 0.775. The molecule has 1 radical (unpaired) electrons. The Hall–Kier alpha value is -0.0400. The van der Waals surface area contributed by atoms with E-state index in [4.69, 9.17) is 4.74 Å². The van der Waals surface area contributed by atoms with Crippen LogP contribution in [-0.2, 0) is 4.74 Å². The zero-order valence-electron chi connectivity index (χ0n) is 7.39. The van der Waals surface area contributed by atoms with Crippen LogP contribution in [0.3, 0.4) is 0 Å². The van der Waals surface area contributed by atoms with E-state index >= 15 is 0 Å². The molecule has 0 aromatic rings. The maximum absolute atomic E-state index is 5.23. The van der Waals surface area contributed by atoms with Gasteiger partial charge in [-0.1, -0.05) is 27.2 Å². The lowest BCUT2D eigenvalue weighted by Crippen LogP contribution is -1.96. The average Bonchev–Trinajstić information content (AvgIpc) is 1.98. The van der Waals surface area contributed by atoms with Gasteiger partial charge in [-0.15, -0.1) is 0 Å². The smallest absolute Gasteiger partial charge is 0.0839 e. The van der Waals surface area contributed by atoms with E-state index in [1.54, 1.807) is 0 Å². The van der Waals surface area contributed by atoms with Gasteiger partial charge in [-0.2, -0.15) is 0 Å². The zero-order valence-corrected chi connectivity index (χ0v) is 7.39. The topological polar surface area (TPSA) is 9.23 Å². The summed E-state index contributed by atoms with van der Waals surface area (Å²) in [5.41, 5.74) is 0. The lowest BCUT2D eigenvalue weighted by Gasteiger charge is -2.06. The molecule has 1 unspecified atom stereocenters. The molecule has 0 saturated carbocycles. The van der Waals surface area contributed by atoms with E-state index < -0.39 is 0 Å². The summed E-state index contributed by atoms with van der Waals surface area (Å²) < 4.78 is 5.23. The van der Waals surface area contributed by atoms with E-state index in [1.807, 2.05) is 6.61 Å². The Bertz CT molecular complexity index is 61.7. The number of ether oxygens (including phenoxy) is 1. The Balaban J connectivity index is 2.89. The first kappa shape index (κ1) is 9.96. The normalized spacial score (nSPS) is 13.5. The average molecular weight is 143 g/mol. The van der Waals surface area contributed by atoms with Crippen molar-refractivity contribution in [2.75, 3.05) is 6.61 Å². The first-order valence-electron chi connectivity index (χ1n) is 4.24. The summed E-state index contributed by atoms with van der Waals surface area (Å²) >= 11 is 0. The van der Waals surface area contributed by atoms with Crippen molar-refractivity contribution in [3.05, 3.63) is 6.61 Å². The van der Waals surface area contributed by atoms with E-state index in [1.165, 1.54) is 6.42 Å². The molecule has 0 rings (SSSR count). The molecule has 0 aromatic carbocycles. The molecule has 0 fully saturated rings. The third-order valence-electron chi connectivity index (χ3n) is 1.64. The van der Waals surface area contributed by atoms with Gasteiger partial charge in [0.15, 0.2) is 0 Å². The van der Waals surface area contributed by atoms with Crippen LogP contribution in [0.2, 0.25) is 0 Å². The van der Waals surface area contributed by atoms with Crippen LogP contribution in [0.15, 0.2) is 0 Å². The summed E-state index contributed by atoms with van der Waals surface area (Å²) in [5, 5.41) is 0. The molecule has 0 aliphatic carbocycles. The minimum Gasteiger partial charge on any atom is -0.376 e. The molecular weight excluding hydrogens is 124 g/mol. The Kier molecular flexibility index (Phi) is 7.04. The highest BCUT2D eigenvalue weighted by Crippen LogP contribution is 2.08. The maximum atomic E-state index is 5.23. The minimum absolute atomic E-state index is 0.775. The Morgan fingerprint density at radius 2 is 2.10 bits per heavy atom. The molecule has 0 aliphatic heterocycles. The monoisotopic (exact) mass is 143 g/mol. The van der Waals surface area contributed by atoms with Crippen LogP contribution < -0.4 is 0 Å². The summed E-state index contributed by atoms with van der Waals surface area (Å²) in [7, 11) is 0. The Morgan fingerprint density at radius 3 is 2.60 bits per heavy atom. The molecule has 0 amide bonds. The van der Waals surface area contributed by atoms with Gasteiger partial charge < -0.3 is 4.74 Å². The third kappa shape index (κ3) is 6.09. The zero-order chi connectivity index (χ0) is 7.82. The molecule has 0 aliphatic rings. The predicted octanol–water partition coefficient (Wildman–Crippen LogP) is 3.01. The second-order valence-electron chi connectivity index (χ2n) is 2.79. The molecule has 0 N–H and O–H groups in total. The van der Waals surface area contributed by atoms with Crippen LogP contribution in [0.5, 0.6) is 0 Å². The molecule has 10 heavy (non-hydrogen) atoms. The summed E-state index contributed by atoms with van der Waals surface area (Å²) in [6, 6.07) is 0. The first-order chi connectivity index (χ1) is 4.81. The van der Waals surface area contributed by atoms with Crippen LogP contribution in [-0.4, -0.2) is 6.61 Å². The van der Waals surface area contributed by atoms with Crippen molar-refractivity contribution in [2.45, 2.75) is 40.0 Å². The second kappa shape index (κ2) is 7.07. The summed E-state index contributed by atoms with van der Waals surface area (Å²) in [6.45, 7) is 9.38.